The number of hydrogen-bond donors (Lipinski definition) is 5. The van der Waals surface area contributed by atoms with E-state index >= 15 is 0 Å². The quantitative estimate of drug-likeness (QED) is 0.332. The zero-order valence-electron chi connectivity index (χ0n) is 8.07. The molecule has 1 saturated heterocycles. The van der Waals surface area contributed by atoms with Crippen LogP contribution in [0.15, 0.2) is 0 Å². The van der Waals surface area contributed by atoms with Gasteiger partial charge < -0.3 is 30.3 Å². The van der Waals surface area contributed by atoms with Gasteiger partial charge in [0.1, 0.15) is 18.3 Å². The standard InChI is InChI=1S/C8H14O7/c1-3(10)8(14)4(2-9)15-7(13)5(11)6(8)12/h4-7,9,11-14H,2H2,1H3/t4-,5-,6-,7?,8-/m1/s1. The number of Topliss-reactive ketones (excluding diaryl/α,β-unsaturated/α-hetero) is 1. The summed E-state index contributed by atoms with van der Waals surface area (Å²) < 4.78 is 4.62. The Kier molecular flexibility index (Phi) is 3.44. The third-order valence-electron chi connectivity index (χ3n) is 2.59. The predicted molar refractivity (Wildman–Crippen MR) is 45.6 cm³/mol. The van der Waals surface area contributed by atoms with E-state index < -0.39 is 42.6 Å². The van der Waals surface area contributed by atoms with Crippen molar-refractivity contribution in [2.45, 2.75) is 37.1 Å². The Morgan fingerprint density at radius 2 is 1.93 bits per heavy atom. The summed E-state index contributed by atoms with van der Waals surface area (Å²) >= 11 is 0. The lowest BCUT2D eigenvalue weighted by Gasteiger charge is -2.44. The third-order valence-corrected chi connectivity index (χ3v) is 2.59. The first-order valence-electron chi connectivity index (χ1n) is 4.39. The van der Waals surface area contributed by atoms with Gasteiger partial charge in [-0.1, -0.05) is 0 Å². The van der Waals surface area contributed by atoms with Crippen LogP contribution >= 0.6 is 0 Å². The van der Waals surface area contributed by atoms with Gasteiger partial charge >= 0.3 is 0 Å². The zero-order valence-corrected chi connectivity index (χ0v) is 8.07. The first-order valence-corrected chi connectivity index (χ1v) is 4.39. The number of rotatable bonds is 2. The summed E-state index contributed by atoms with van der Waals surface area (Å²) in [4.78, 5) is 11.2. The highest BCUT2D eigenvalue weighted by Crippen LogP contribution is 2.29. The van der Waals surface area contributed by atoms with Gasteiger partial charge in [-0.25, -0.2) is 0 Å². The number of ether oxygens (including phenoxy) is 1. The highest BCUT2D eigenvalue weighted by molar-refractivity contribution is 5.86. The molecule has 7 heteroatoms. The Bertz CT molecular complexity index is 251. The topological polar surface area (TPSA) is 127 Å². The average Bonchev–Trinajstić information content (AvgIpc) is 2.20. The molecule has 0 spiro atoms. The number of ketones is 1. The first kappa shape index (κ1) is 12.5. The second kappa shape index (κ2) is 4.12. The van der Waals surface area contributed by atoms with Crippen LogP contribution in [0.4, 0.5) is 0 Å². The molecule has 5 atom stereocenters. The summed E-state index contributed by atoms with van der Waals surface area (Å²) in [6.45, 7) is 0.219. The molecule has 0 amide bonds. The summed E-state index contributed by atoms with van der Waals surface area (Å²) in [5.41, 5.74) is -2.41. The van der Waals surface area contributed by atoms with E-state index in [1.54, 1.807) is 0 Å². The van der Waals surface area contributed by atoms with Crippen LogP contribution in [0.25, 0.3) is 0 Å². The summed E-state index contributed by atoms with van der Waals surface area (Å²) in [7, 11) is 0. The molecule has 88 valence electrons. The predicted octanol–water partition coefficient (Wildman–Crippen LogP) is -3.26. The van der Waals surface area contributed by atoms with E-state index in [0.717, 1.165) is 6.92 Å². The van der Waals surface area contributed by atoms with Crippen LogP contribution < -0.4 is 0 Å². The number of hydrogen-bond acceptors (Lipinski definition) is 7. The van der Waals surface area contributed by atoms with Gasteiger partial charge in [-0.3, -0.25) is 4.79 Å². The Balaban J connectivity index is 3.04. The van der Waals surface area contributed by atoms with E-state index in [1.165, 1.54) is 0 Å². The second-order valence-electron chi connectivity index (χ2n) is 3.51. The molecule has 1 fully saturated rings. The van der Waals surface area contributed by atoms with Gasteiger partial charge in [0.05, 0.1) is 6.61 Å². The van der Waals surface area contributed by atoms with Gasteiger partial charge in [0.25, 0.3) is 0 Å². The number of aliphatic hydroxyl groups excluding tert-OH is 4. The van der Waals surface area contributed by atoms with Crippen molar-refractivity contribution < 1.29 is 35.1 Å². The first-order chi connectivity index (χ1) is 6.85. The summed E-state index contributed by atoms with van der Waals surface area (Å²) in [6, 6.07) is 0. The fourth-order valence-corrected chi connectivity index (χ4v) is 1.58. The lowest BCUT2D eigenvalue weighted by atomic mass is 9.81. The Labute approximate surface area is 85.5 Å². The third kappa shape index (κ3) is 1.78. The number of carbonyl (C=O) groups is 1. The summed E-state index contributed by atoms with van der Waals surface area (Å²) in [5.74, 6) is -0.861. The van der Waals surface area contributed by atoms with Crippen LogP contribution in [0.2, 0.25) is 0 Å². The van der Waals surface area contributed by atoms with Crippen molar-refractivity contribution >= 4 is 5.78 Å². The van der Waals surface area contributed by atoms with E-state index in [9.17, 15) is 20.1 Å². The summed E-state index contributed by atoms with van der Waals surface area (Å²) in [5, 5.41) is 46.5. The lowest BCUT2D eigenvalue weighted by molar-refractivity contribution is -0.310. The molecule has 15 heavy (non-hydrogen) atoms. The van der Waals surface area contributed by atoms with Crippen LogP contribution in [-0.2, 0) is 9.53 Å². The molecule has 1 aliphatic rings. The van der Waals surface area contributed by atoms with Crippen LogP contribution in [-0.4, -0.2) is 68.1 Å². The molecular formula is C8H14O7. The van der Waals surface area contributed by atoms with Gasteiger partial charge in [-0.15, -0.1) is 0 Å². The fraction of sp³-hybridized carbons (Fsp3) is 0.875. The Morgan fingerprint density at radius 3 is 2.33 bits per heavy atom. The minimum absolute atomic E-state index is 0.767. The van der Waals surface area contributed by atoms with Gasteiger partial charge in [0.15, 0.2) is 17.7 Å². The van der Waals surface area contributed by atoms with E-state index in [4.69, 9.17) is 10.2 Å². The fourth-order valence-electron chi connectivity index (χ4n) is 1.58. The van der Waals surface area contributed by atoms with Crippen molar-refractivity contribution in [1.82, 2.24) is 0 Å². The molecule has 0 aromatic carbocycles. The molecule has 0 aromatic rings. The molecule has 1 heterocycles. The SMILES string of the molecule is CC(=O)[C@]1(O)[C@H](O)[C@@H](O)C(O)O[C@@H]1CO. The summed E-state index contributed by atoms with van der Waals surface area (Å²) in [6.07, 6.45) is -6.93. The molecule has 0 bridgehead atoms. The van der Waals surface area contributed by atoms with Gasteiger partial charge in [-0.2, -0.15) is 0 Å². The van der Waals surface area contributed by atoms with E-state index in [1.807, 2.05) is 0 Å². The Hall–Kier alpha value is -0.570. The van der Waals surface area contributed by atoms with Gasteiger partial charge in [0, 0.05) is 0 Å². The number of carbonyl (C=O) groups excluding carboxylic acids is 1. The van der Waals surface area contributed by atoms with Crippen molar-refractivity contribution in [3.63, 3.8) is 0 Å². The molecule has 1 rings (SSSR count). The van der Waals surface area contributed by atoms with Gasteiger partial charge in [-0.05, 0) is 6.92 Å². The van der Waals surface area contributed by atoms with Gasteiger partial charge in [0.2, 0.25) is 0 Å². The van der Waals surface area contributed by atoms with Crippen LogP contribution in [0.5, 0.6) is 0 Å². The molecule has 5 N–H and O–H groups in total. The molecule has 0 aromatic heterocycles. The minimum Gasteiger partial charge on any atom is -0.394 e. The minimum atomic E-state index is -2.41. The monoisotopic (exact) mass is 222 g/mol. The average molecular weight is 222 g/mol. The van der Waals surface area contributed by atoms with E-state index in [2.05, 4.69) is 4.74 Å². The second-order valence-corrected chi connectivity index (χ2v) is 3.51. The maximum Gasteiger partial charge on any atom is 0.184 e. The molecule has 1 unspecified atom stereocenters. The van der Waals surface area contributed by atoms with E-state index in [-0.39, 0.29) is 0 Å². The smallest absolute Gasteiger partial charge is 0.184 e. The van der Waals surface area contributed by atoms with Crippen molar-refractivity contribution in [3.8, 4) is 0 Å². The van der Waals surface area contributed by atoms with Crippen LogP contribution in [0, 0.1) is 0 Å². The Morgan fingerprint density at radius 1 is 1.40 bits per heavy atom. The maximum atomic E-state index is 11.2. The van der Waals surface area contributed by atoms with E-state index in [0.29, 0.717) is 0 Å². The molecular weight excluding hydrogens is 208 g/mol. The molecule has 7 nitrogen and oxygen atoms in total. The molecule has 0 aliphatic carbocycles. The molecule has 0 radical (unpaired) electrons. The van der Waals surface area contributed by atoms with Crippen LogP contribution in [0.1, 0.15) is 6.92 Å². The lowest BCUT2D eigenvalue weighted by Crippen LogP contribution is -2.69. The largest absolute Gasteiger partial charge is 0.394 e. The zero-order chi connectivity index (χ0) is 11.8. The van der Waals surface area contributed by atoms with Crippen LogP contribution in [0.3, 0.4) is 0 Å². The molecule has 1 aliphatic heterocycles. The highest BCUT2D eigenvalue weighted by atomic mass is 16.6. The van der Waals surface area contributed by atoms with Crippen molar-refractivity contribution in [3.05, 3.63) is 0 Å². The normalized spacial score (nSPS) is 46.5. The number of aliphatic hydroxyl groups is 5. The van der Waals surface area contributed by atoms with Crippen molar-refractivity contribution in [2.24, 2.45) is 0 Å². The highest BCUT2D eigenvalue weighted by Gasteiger charge is 2.57. The molecule has 0 saturated carbocycles. The van der Waals surface area contributed by atoms with Crippen molar-refractivity contribution in [2.75, 3.05) is 6.61 Å². The van der Waals surface area contributed by atoms with Crippen molar-refractivity contribution in [1.29, 1.82) is 0 Å². The maximum absolute atomic E-state index is 11.2.